The summed E-state index contributed by atoms with van der Waals surface area (Å²) in [5, 5.41) is 8.91. The predicted molar refractivity (Wildman–Crippen MR) is 39.1 cm³/mol. The van der Waals surface area contributed by atoms with Crippen LogP contribution in [0.15, 0.2) is 0 Å². The summed E-state index contributed by atoms with van der Waals surface area (Å²) < 4.78 is 23.5. The van der Waals surface area contributed by atoms with E-state index < -0.39 is 16.1 Å². The van der Waals surface area contributed by atoms with Gasteiger partial charge in [-0.05, 0) is 13.5 Å². The summed E-state index contributed by atoms with van der Waals surface area (Å²) >= 11 is 0. The average molecular weight is 167 g/mol. The third-order valence-electron chi connectivity index (χ3n) is 1.19. The third kappa shape index (κ3) is 3.81. The van der Waals surface area contributed by atoms with Crippen molar-refractivity contribution in [2.75, 3.05) is 12.8 Å². The Balaban J connectivity index is 3.90. The summed E-state index contributed by atoms with van der Waals surface area (Å²) in [4.78, 5) is 0. The second kappa shape index (κ2) is 3.90. The van der Waals surface area contributed by atoms with E-state index in [0.717, 1.165) is 0 Å². The number of rotatable bonds is 4. The van der Waals surface area contributed by atoms with Crippen LogP contribution in [0.4, 0.5) is 0 Å². The number of sulfonamides is 1. The van der Waals surface area contributed by atoms with Crippen LogP contribution in [0.25, 0.3) is 0 Å². The van der Waals surface area contributed by atoms with Crippen molar-refractivity contribution in [1.29, 1.82) is 0 Å². The van der Waals surface area contributed by atoms with Gasteiger partial charge in [-0.25, -0.2) is 13.1 Å². The molecule has 0 aromatic rings. The lowest BCUT2D eigenvalue weighted by Gasteiger charge is -2.06. The van der Waals surface area contributed by atoms with Crippen molar-refractivity contribution < 1.29 is 13.5 Å². The van der Waals surface area contributed by atoms with Crippen LogP contribution < -0.4 is 4.72 Å². The molecule has 0 radical (unpaired) electrons. The first-order valence-electron chi connectivity index (χ1n) is 3.11. The number of hydrogen-bond acceptors (Lipinski definition) is 3. The van der Waals surface area contributed by atoms with Crippen LogP contribution in [0.1, 0.15) is 13.3 Å². The van der Waals surface area contributed by atoms with Gasteiger partial charge in [0.15, 0.2) is 0 Å². The molecule has 0 heterocycles. The first-order chi connectivity index (χ1) is 4.52. The van der Waals surface area contributed by atoms with E-state index in [1.807, 2.05) is 0 Å². The number of aliphatic hydroxyl groups is 1. The summed E-state index contributed by atoms with van der Waals surface area (Å²) in [6, 6.07) is 0. The van der Waals surface area contributed by atoms with Crippen LogP contribution in [0.3, 0.4) is 0 Å². The first-order valence-corrected chi connectivity index (χ1v) is 4.76. The first kappa shape index (κ1) is 9.87. The van der Waals surface area contributed by atoms with Gasteiger partial charge in [0, 0.05) is 0 Å². The molecule has 0 bridgehead atoms. The molecule has 0 aromatic carbocycles. The van der Waals surface area contributed by atoms with Gasteiger partial charge in [-0.1, -0.05) is 6.92 Å². The van der Waals surface area contributed by atoms with Crippen molar-refractivity contribution in [3.05, 3.63) is 0 Å². The fraction of sp³-hybridized carbons (Fsp3) is 1.00. The van der Waals surface area contributed by atoms with Crippen LogP contribution in [0, 0.1) is 0 Å². The third-order valence-corrected chi connectivity index (χ3v) is 2.64. The summed E-state index contributed by atoms with van der Waals surface area (Å²) in [6.45, 7) is 1.73. The second-order valence-electron chi connectivity index (χ2n) is 2.05. The molecule has 0 spiro atoms. The lowest BCUT2D eigenvalue weighted by atomic mass is 10.3. The standard InChI is InChI=1S/C5H13NO3S/c1-3-5(7)4-10(8,9)6-2/h5-7H,3-4H2,1-2H3. The maximum atomic E-state index is 10.7. The van der Waals surface area contributed by atoms with Crippen LogP contribution in [-0.2, 0) is 10.0 Å². The number of aliphatic hydroxyl groups excluding tert-OH is 1. The molecule has 0 aliphatic rings. The lowest BCUT2D eigenvalue weighted by Crippen LogP contribution is -2.29. The molecule has 1 unspecified atom stereocenters. The van der Waals surface area contributed by atoms with Gasteiger partial charge < -0.3 is 5.11 Å². The zero-order valence-electron chi connectivity index (χ0n) is 6.16. The Morgan fingerprint density at radius 2 is 2.10 bits per heavy atom. The summed E-state index contributed by atoms with van der Waals surface area (Å²) in [7, 11) is -1.90. The Morgan fingerprint density at radius 3 is 2.40 bits per heavy atom. The molecule has 0 saturated heterocycles. The van der Waals surface area contributed by atoms with Gasteiger partial charge in [-0.15, -0.1) is 0 Å². The minimum atomic E-state index is -3.23. The monoisotopic (exact) mass is 167 g/mol. The molecule has 2 N–H and O–H groups in total. The van der Waals surface area contributed by atoms with Crippen LogP contribution in [0.5, 0.6) is 0 Å². The van der Waals surface area contributed by atoms with E-state index in [1.54, 1.807) is 6.92 Å². The van der Waals surface area contributed by atoms with Gasteiger partial charge in [0.25, 0.3) is 0 Å². The predicted octanol–water partition coefficient (Wildman–Crippen LogP) is -0.694. The second-order valence-corrected chi connectivity index (χ2v) is 4.02. The molecule has 0 aliphatic carbocycles. The fourth-order valence-corrected chi connectivity index (χ4v) is 1.36. The fourth-order valence-electron chi connectivity index (χ4n) is 0.454. The topological polar surface area (TPSA) is 66.4 Å². The minimum Gasteiger partial charge on any atom is -0.392 e. The zero-order valence-corrected chi connectivity index (χ0v) is 6.98. The Morgan fingerprint density at radius 1 is 1.60 bits per heavy atom. The molecular formula is C5H13NO3S. The maximum Gasteiger partial charge on any atom is 0.213 e. The van der Waals surface area contributed by atoms with E-state index in [9.17, 15) is 8.42 Å². The molecule has 4 nitrogen and oxygen atoms in total. The lowest BCUT2D eigenvalue weighted by molar-refractivity contribution is 0.193. The van der Waals surface area contributed by atoms with Crippen molar-refractivity contribution in [2.24, 2.45) is 0 Å². The molecule has 0 fully saturated rings. The van der Waals surface area contributed by atoms with Gasteiger partial charge in [0.05, 0.1) is 11.9 Å². The van der Waals surface area contributed by atoms with Crippen molar-refractivity contribution >= 4 is 10.0 Å². The molecule has 0 saturated carbocycles. The highest BCUT2D eigenvalue weighted by atomic mass is 32.2. The molecule has 0 aromatic heterocycles. The van der Waals surface area contributed by atoms with E-state index in [-0.39, 0.29) is 5.75 Å². The molecule has 0 rings (SSSR count). The maximum absolute atomic E-state index is 10.7. The van der Waals surface area contributed by atoms with Gasteiger partial charge in [0.2, 0.25) is 10.0 Å². The smallest absolute Gasteiger partial charge is 0.213 e. The van der Waals surface area contributed by atoms with Gasteiger partial charge >= 0.3 is 0 Å². The minimum absolute atomic E-state index is 0.208. The van der Waals surface area contributed by atoms with E-state index in [4.69, 9.17) is 5.11 Å². The highest BCUT2D eigenvalue weighted by molar-refractivity contribution is 7.89. The highest BCUT2D eigenvalue weighted by Gasteiger charge is 2.12. The van der Waals surface area contributed by atoms with Gasteiger partial charge in [-0.2, -0.15) is 0 Å². The normalized spacial score (nSPS) is 15.1. The number of nitrogens with one attached hydrogen (secondary N) is 1. The zero-order chi connectivity index (χ0) is 8.20. The molecule has 1 atom stereocenters. The Bertz CT molecular complexity index is 175. The van der Waals surface area contributed by atoms with Gasteiger partial charge in [0.1, 0.15) is 0 Å². The molecule has 0 aliphatic heterocycles. The van der Waals surface area contributed by atoms with Crippen molar-refractivity contribution in [3.8, 4) is 0 Å². The number of hydrogen-bond donors (Lipinski definition) is 2. The molecule has 0 amide bonds. The summed E-state index contributed by atoms with van der Waals surface area (Å²) in [5.74, 6) is -0.208. The van der Waals surface area contributed by atoms with E-state index in [1.165, 1.54) is 7.05 Å². The average Bonchev–Trinajstić information content (AvgIpc) is 1.87. The van der Waals surface area contributed by atoms with Crippen molar-refractivity contribution in [1.82, 2.24) is 4.72 Å². The molecular weight excluding hydrogens is 154 g/mol. The SMILES string of the molecule is CCC(O)CS(=O)(=O)NC. The quantitative estimate of drug-likeness (QED) is 0.582. The summed E-state index contributed by atoms with van der Waals surface area (Å²) in [6.07, 6.45) is -0.293. The largest absolute Gasteiger partial charge is 0.392 e. The molecule has 10 heavy (non-hydrogen) atoms. The molecule has 62 valence electrons. The molecule has 5 heteroatoms. The van der Waals surface area contributed by atoms with Crippen molar-refractivity contribution in [3.63, 3.8) is 0 Å². The van der Waals surface area contributed by atoms with Crippen LogP contribution in [-0.4, -0.2) is 32.4 Å². The summed E-state index contributed by atoms with van der Waals surface area (Å²) in [5.41, 5.74) is 0. The van der Waals surface area contributed by atoms with Crippen LogP contribution in [0.2, 0.25) is 0 Å². The Hall–Kier alpha value is -0.130. The van der Waals surface area contributed by atoms with Crippen molar-refractivity contribution in [2.45, 2.75) is 19.4 Å². The highest BCUT2D eigenvalue weighted by Crippen LogP contribution is 1.93. The van der Waals surface area contributed by atoms with E-state index >= 15 is 0 Å². The Kier molecular flexibility index (Phi) is 3.85. The van der Waals surface area contributed by atoms with Gasteiger partial charge in [-0.3, -0.25) is 0 Å². The van der Waals surface area contributed by atoms with E-state index in [2.05, 4.69) is 4.72 Å². The van der Waals surface area contributed by atoms with E-state index in [0.29, 0.717) is 6.42 Å². The van der Waals surface area contributed by atoms with Crippen LogP contribution >= 0.6 is 0 Å². The Labute approximate surface area is 61.3 Å².